The van der Waals surface area contributed by atoms with Crippen LogP contribution in [0.15, 0.2) is 48.8 Å². The number of hydrogen-bond acceptors (Lipinski definition) is 6. The molecule has 0 aliphatic heterocycles. The second-order valence-corrected chi connectivity index (χ2v) is 6.95. The molecule has 0 amide bonds. The molecule has 0 unspecified atom stereocenters. The van der Waals surface area contributed by atoms with Gasteiger partial charge in [0.25, 0.3) is 0 Å². The molecule has 1 aromatic heterocycles. The molecule has 0 radical (unpaired) electrons. The molecule has 0 fully saturated rings. The van der Waals surface area contributed by atoms with Crippen molar-refractivity contribution in [2.45, 2.75) is 18.9 Å². The number of halogens is 1. The van der Waals surface area contributed by atoms with Crippen molar-refractivity contribution in [1.29, 1.82) is 5.41 Å². The quantitative estimate of drug-likeness (QED) is 0.519. The molecule has 4 rings (SSSR count). The van der Waals surface area contributed by atoms with Crippen LogP contribution in [-0.2, 0) is 12.8 Å². The van der Waals surface area contributed by atoms with Crippen molar-refractivity contribution in [1.82, 2.24) is 9.97 Å². The van der Waals surface area contributed by atoms with Crippen molar-refractivity contribution in [2.75, 3.05) is 11.1 Å². The average molecular weight is 380 g/mol. The number of phenols is 1. The summed E-state index contributed by atoms with van der Waals surface area (Å²) in [7, 11) is 0. The maximum atomic E-state index is 9.86. The Hall–Kier alpha value is -3.12. The zero-order chi connectivity index (χ0) is 19.0. The van der Waals surface area contributed by atoms with Crippen LogP contribution in [0.2, 0.25) is 5.02 Å². The van der Waals surface area contributed by atoms with Gasteiger partial charge >= 0.3 is 0 Å². The van der Waals surface area contributed by atoms with Gasteiger partial charge < -0.3 is 16.2 Å². The maximum absolute atomic E-state index is 9.86. The van der Waals surface area contributed by atoms with E-state index in [1.165, 1.54) is 23.5 Å². The monoisotopic (exact) mass is 379 g/mol. The zero-order valence-corrected chi connectivity index (χ0v) is 15.2. The van der Waals surface area contributed by atoms with Crippen molar-refractivity contribution in [3.8, 4) is 5.75 Å². The summed E-state index contributed by atoms with van der Waals surface area (Å²) in [5.74, 6) is 0.636. The van der Waals surface area contributed by atoms with E-state index in [2.05, 4.69) is 27.4 Å². The highest BCUT2D eigenvalue weighted by molar-refractivity contribution is 6.32. The van der Waals surface area contributed by atoms with Gasteiger partial charge in [-0.25, -0.2) is 9.97 Å². The predicted octanol–water partition coefficient (Wildman–Crippen LogP) is 3.41. The van der Waals surface area contributed by atoms with Gasteiger partial charge in [0.05, 0.1) is 16.3 Å². The molecule has 1 aliphatic carbocycles. The van der Waals surface area contributed by atoms with Crippen molar-refractivity contribution >= 4 is 28.9 Å². The molecular formula is C20H18ClN5O. The average Bonchev–Trinajstić information content (AvgIpc) is 3.06. The highest BCUT2D eigenvalue weighted by atomic mass is 35.5. The minimum absolute atomic E-state index is 0.0879. The number of nitrogen functional groups attached to an aromatic ring is 1. The third-order valence-corrected chi connectivity index (χ3v) is 5.07. The lowest BCUT2D eigenvalue weighted by Gasteiger charge is -2.17. The lowest BCUT2D eigenvalue weighted by molar-refractivity contribution is 0.475. The van der Waals surface area contributed by atoms with E-state index >= 15 is 0 Å². The van der Waals surface area contributed by atoms with Gasteiger partial charge in [0.1, 0.15) is 23.7 Å². The Morgan fingerprint density at radius 1 is 1.15 bits per heavy atom. The van der Waals surface area contributed by atoms with Crippen LogP contribution >= 0.6 is 11.6 Å². The standard InChI is InChI=1S/C20H18ClN5O/c21-15-6-5-13(9-16(15)27)18(22)17-19(23)24-10-25-20(17)26-14-7-11-3-1-2-4-12(11)8-14/h1-6,9-10,14,22,27H,7-8H2,(H3,23,24,25,26). The number of nitrogens with zero attached hydrogens (tertiary/aromatic N) is 2. The Morgan fingerprint density at radius 2 is 1.85 bits per heavy atom. The fourth-order valence-electron chi connectivity index (χ4n) is 3.42. The van der Waals surface area contributed by atoms with E-state index in [1.54, 1.807) is 12.1 Å². The number of aromatic nitrogens is 2. The molecule has 0 saturated heterocycles. The summed E-state index contributed by atoms with van der Waals surface area (Å²) < 4.78 is 0. The third kappa shape index (κ3) is 3.31. The summed E-state index contributed by atoms with van der Waals surface area (Å²) in [4.78, 5) is 8.36. The molecular weight excluding hydrogens is 362 g/mol. The molecule has 27 heavy (non-hydrogen) atoms. The molecule has 3 aromatic rings. The summed E-state index contributed by atoms with van der Waals surface area (Å²) in [6.07, 6.45) is 3.15. The van der Waals surface area contributed by atoms with E-state index in [9.17, 15) is 5.11 Å². The number of benzene rings is 2. The molecule has 7 heteroatoms. The molecule has 136 valence electrons. The number of rotatable bonds is 4. The first-order valence-corrected chi connectivity index (χ1v) is 8.92. The molecule has 1 heterocycles. The van der Waals surface area contributed by atoms with Crippen LogP contribution in [-0.4, -0.2) is 26.8 Å². The van der Waals surface area contributed by atoms with Crippen LogP contribution in [0.1, 0.15) is 22.3 Å². The molecule has 0 bridgehead atoms. The smallest absolute Gasteiger partial charge is 0.141 e. The predicted molar refractivity (Wildman–Crippen MR) is 107 cm³/mol. The summed E-state index contributed by atoms with van der Waals surface area (Å²) >= 11 is 5.87. The normalized spacial score (nSPS) is 13.4. The molecule has 5 N–H and O–H groups in total. The fourth-order valence-corrected chi connectivity index (χ4v) is 3.54. The van der Waals surface area contributed by atoms with E-state index in [0.29, 0.717) is 16.9 Å². The summed E-state index contributed by atoms with van der Waals surface area (Å²) in [6.45, 7) is 0. The number of anilines is 2. The van der Waals surface area contributed by atoms with Gasteiger partial charge in [-0.15, -0.1) is 0 Å². The molecule has 0 spiro atoms. The van der Waals surface area contributed by atoms with Crippen molar-refractivity contribution < 1.29 is 5.11 Å². The third-order valence-electron chi connectivity index (χ3n) is 4.75. The summed E-state index contributed by atoms with van der Waals surface area (Å²) in [5.41, 5.74) is 9.72. The van der Waals surface area contributed by atoms with E-state index < -0.39 is 0 Å². The van der Waals surface area contributed by atoms with Gasteiger partial charge in [0.2, 0.25) is 0 Å². The highest BCUT2D eigenvalue weighted by Gasteiger charge is 2.24. The lowest BCUT2D eigenvalue weighted by atomic mass is 10.0. The molecule has 1 aliphatic rings. The SMILES string of the molecule is N=C(c1ccc(Cl)c(O)c1)c1c(N)ncnc1NC1Cc2ccccc2C1. The fraction of sp³-hybridized carbons (Fsp3) is 0.150. The van der Waals surface area contributed by atoms with Crippen LogP contribution < -0.4 is 11.1 Å². The Morgan fingerprint density at radius 3 is 2.52 bits per heavy atom. The van der Waals surface area contributed by atoms with Gasteiger partial charge in [-0.2, -0.15) is 0 Å². The van der Waals surface area contributed by atoms with Crippen molar-refractivity contribution in [3.63, 3.8) is 0 Å². The van der Waals surface area contributed by atoms with Gasteiger partial charge in [-0.3, -0.25) is 5.41 Å². The largest absolute Gasteiger partial charge is 0.506 e. The number of nitrogens with two attached hydrogens (primary N) is 1. The Kier molecular flexibility index (Phi) is 4.41. The van der Waals surface area contributed by atoms with Crippen molar-refractivity contribution in [2.24, 2.45) is 0 Å². The van der Waals surface area contributed by atoms with Crippen LogP contribution in [0.25, 0.3) is 0 Å². The second-order valence-electron chi connectivity index (χ2n) is 6.54. The Labute approximate surface area is 161 Å². The minimum atomic E-state index is -0.0879. The minimum Gasteiger partial charge on any atom is -0.506 e. The van der Waals surface area contributed by atoms with Crippen LogP contribution in [0.4, 0.5) is 11.6 Å². The summed E-state index contributed by atoms with van der Waals surface area (Å²) in [6, 6.07) is 13.1. The topological polar surface area (TPSA) is 108 Å². The van der Waals surface area contributed by atoms with E-state index in [1.807, 2.05) is 12.1 Å². The van der Waals surface area contributed by atoms with Crippen LogP contribution in [0, 0.1) is 5.41 Å². The molecule has 0 atom stereocenters. The Bertz CT molecular complexity index is 1010. The molecule has 2 aromatic carbocycles. The van der Waals surface area contributed by atoms with Gasteiger partial charge in [-0.05, 0) is 36.1 Å². The second kappa shape index (κ2) is 6.89. The maximum Gasteiger partial charge on any atom is 0.141 e. The first-order valence-electron chi connectivity index (χ1n) is 8.54. The number of phenolic OH excluding ortho intramolecular Hbond substituents is 1. The van der Waals surface area contributed by atoms with Gasteiger partial charge in [-0.1, -0.05) is 41.9 Å². The lowest BCUT2D eigenvalue weighted by Crippen LogP contribution is -2.23. The van der Waals surface area contributed by atoms with Gasteiger partial charge in [0.15, 0.2) is 0 Å². The summed E-state index contributed by atoms with van der Waals surface area (Å²) in [5, 5.41) is 22.1. The van der Waals surface area contributed by atoms with Crippen LogP contribution in [0.3, 0.4) is 0 Å². The first-order chi connectivity index (χ1) is 13.0. The van der Waals surface area contributed by atoms with Crippen LogP contribution in [0.5, 0.6) is 5.75 Å². The highest BCUT2D eigenvalue weighted by Crippen LogP contribution is 2.29. The number of hydrogen-bond donors (Lipinski definition) is 4. The number of aromatic hydroxyl groups is 1. The number of nitrogens with one attached hydrogen (secondary N) is 2. The van der Waals surface area contributed by atoms with E-state index in [-0.39, 0.29) is 28.3 Å². The molecule has 6 nitrogen and oxygen atoms in total. The zero-order valence-electron chi connectivity index (χ0n) is 14.4. The first kappa shape index (κ1) is 17.3. The van der Waals surface area contributed by atoms with Crippen molar-refractivity contribution in [3.05, 3.63) is 76.1 Å². The Balaban J connectivity index is 1.64. The van der Waals surface area contributed by atoms with E-state index in [4.69, 9.17) is 22.7 Å². The van der Waals surface area contributed by atoms with E-state index in [0.717, 1.165) is 12.8 Å². The molecule has 0 saturated carbocycles. The van der Waals surface area contributed by atoms with Gasteiger partial charge in [0, 0.05) is 11.6 Å². The number of fused-ring (bicyclic) bond motifs is 1.